The van der Waals surface area contributed by atoms with Gasteiger partial charge in [-0.1, -0.05) is 30.3 Å². The fourth-order valence-electron chi connectivity index (χ4n) is 2.04. The van der Waals surface area contributed by atoms with Gasteiger partial charge in [-0.05, 0) is 19.4 Å². The largest absolute Gasteiger partial charge is 0.296 e. The molecular weight excluding hydrogens is 226 g/mol. The van der Waals surface area contributed by atoms with Crippen molar-refractivity contribution in [1.29, 1.82) is 0 Å². The van der Waals surface area contributed by atoms with Crippen molar-refractivity contribution < 1.29 is 0 Å². The number of fused-ring (bicyclic) bond motifs is 1. The van der Waals surface area contributed by atoms with Crippen LogP contribution in [0.25, 0.3) is 16.8 Å². The molecule has 90 valence electrons. The molecular formula is C14H13N3O. The molecule has 18 heavy (non-hydrogen) atoms. The molecule has 0 aliphatic heterocycles. The van der Waals surface area contributed by atoms with Gasteiger partial charge < -0.3 is 0 Å². The van der Waals surface area contributed by atoms with Gasteiger partial charge in [0.25, 0.3) is 5.56 Å². The molecule has 0 amide bonds. The summed E-state index contributed by atoms with van der Waals surface area (Å²) in [7, 11) is 0. The van der Waals surface area contributed by atoms with Gasteiger partial charge in [-0.25, -0.2) is 9.50 Å². The zero-order valence-corrected chi connectivity index (χ0v) is 10.3. The second-order valence-corrected chi connectivity index (χ2v) is 4.34. The summed E-state index contributed by atoms with van der Waals surface area (Å²) in [5.74, 6) is 0. The van der Waals surface area contributed by atoms with Crippen molar-refractivity contribution in [1.82, 2.24) is 14.6 Å². The van der Waals surface area contributed by atoms with Crippen LogP contribution in [-0.2, 0) is 0 Å². The summed E-state index contributed by atoms with van der Waals surface area (Å²) in [6.07, 6.45) is 1.82. The number of aryl methyl sites for hydroxylation is 1. The second kappa shape index (κ2) is 3.84. The van der Waals surface area contributed by atoms with Gasteiger partial charge in [0.15, 0.2) is 5.65 Å². The van der Waals surface area contributed by atoms with Crippen LogP contribution < -0.4 is 5.56 Å². The summed E-state index contributed by atoms with van der Waals surface area (Å²) in [6.45, 7) is 3.65. The van der Waals surface area contributed by atoms with E-state index >= 15 is 0 Å². The Hall–Kier alpha value is -2.36. The van der Waals surface area contributed by atoms with Crippen molar-refractivity contribution in [2.45, 2.75) is 13.8 Å². The lowest BCUT2D eigenvalue weighted by Gasteiger charge is -2.02. The molecule has 0 aliphatic rings. The van der Waals surface area contributed by atoms with Gasteiger partial charge in [-0.2, -0.15) is 0 Å². The highest BCUT2D eigenvalue weighted by molar-refractivity contribution is 5.76. The molecule has 2 heterocycles. The Balaban J connectivity index is 2.38. The highest BCUT2D eigenvalue weighted by atomic mass is 16.1. The zero-order valence-electron chi connectivity index (χ0n) is 10.3. The molecule has 1 N–H and O–H groups in total. The lowest BCUT2D eigenvalue weighted by molar-refractivity contribution is 0.873. The molecule has 4 heteroatoms. The normalized spacial score (nSPS) is 11.0. The Morgan fingerprint density at radius 1 is 1.17 bits per heavy atom. The van der Waals surface area contributed by atoms with E-state index < -0.39 is 0 Å². The first-order valence-corrected chi connectivity index (χ1v) is 5.81. The van der Waals surface area contributed by atoms with Crippen LogP contribution in [0.5, 0.6) is 0 Å². The van der Waals surface area contributed by atoms with Gasteiger partial charge in [0.2, 0.25) is 0 Å². The second-order valence-electron chi connectivity index (χ2n) is 4.34. The monoisotopic (exact) mass is 239 g/mol. The number of hydrogen-bond acceptors (Lipinski definition) is 2. The van der Waals surface area contributed by atoms with E-state index in [1.54, 1.807) is 6.92 Å². The molecule has 3 rings (SSSR count). The number of aromatic nitrogens is 3. The molecule has 0 spiro atoms. The van der Waals surface area contributed by atoms with Crippen LogP contribution in [-0.4, -0.2) is 14.6 Å². The lowest BCUT2D eigenvalue weighted by atomic mass is 10.1. The molecule has 0 radical (unpaired) electrons. The van der Waals surface area contributed by atoms with Crippen LogP contribution in [0.3, 0.4) is 0 Å². The fourth-order valence-corrected chi connectivity index (χ4v) is 2.04. The minimum absolute atomic E-state index is 0.0420. The van der Waals surface area contributed by atoms with Gasteiger partial charge in [0.05, 0.1) is 0 Å². The number of benzene rings is 1. The van der Waals surface area contributed by atoms with Crippen LogP contribution >= 0.6 is 0 Å². The molecule has 0 saturated carbocycles. The van der Waals surface area contributed by atoms with Gasteiger partial charge in [-0.15, -0.1) is 0 Å². The van der Waals surface area contributed by atoms with Gasteiger partial charge in [-0.3, -0.25) is 9.89 Å². The van der Waals surface area contributed by atoms with Crippen molar-refractivity contribution in [3.63, 3.8) is 0 Å². The maximum atomic E-state index is 12.1. The van der Waals surface area contributed by atoms with E-state index in [9.17, 15) is 4.79 Å². The Bertz CT molecular complexity index is 769. The topological polar surface area (TPSA) is 50.2 Å². The Labute approximate surface area is 104 Å². The highest BCUT2D eigenvalue weighted by Crippen LogP contribution is 2.22. The van der Waals surface area contributed by atoms with E-state index in [4.69, 9.17) is 0 Å². The van der Waals surface area contributed by atoms with Gasteiger partial charge in [0, 0.05) is 23.0 Å². The van der Waals surface area contributed by atoms with Gasteiger partial charge >= 0.3 is 0 Å². The van der Waals surface area contributed by atoms with E-state index in [-0.39, 0.29) is 5.56 Å². The number of hydrogen-bond donors (Lipinski definition) is 1. The molecule has 0 aliphatic carbocycles. The molecule has 4 nitrogen and oxygen atoms in total. The predicted molar refractivity (Wildman–Crippen MR) is 70.7 cm³/mol. The molecule has 1 aromatic carbocycles. The quantitative estimate of drug-likeness (QED) is 0.708. The number of H-pyrrole nitrogens is 1. The number of aromatic amines is 1. The van der Waals surface area contributed by atoms with E-state index in [0.29, 0.717) is 11.2 Å². The molecule has 3 aromatic rings. The van der Waals surface area contributed by atoms with Crippen LogP contribution in [0.15, 0.2) is 41.3 Å². The molecule has 0 unspecified atom stereocenters. The molecule has 0 fully saturated rings. The number of nitrogens with zero attached hydrogens (tertiary/aromatic N) is 2. The first kappa shape index (κ1) is 10.8. The molecule has 0 atom stereocenters. The average molecular weight is 239 g/mol. The van der Waals surface area contributed by atoms with Gasteiger partial charge in [0.1, 0.15) is 0 Å². The Morgan fingerprint density at radius 3 is 2.61 bits per heavy atom. The van der Waals surface area contributed by atoms with Crippen LogP contribution in [0.1, 0.15) is 11.3 Å². The van der Waals surface area contributed by atoms with Crippen molar-refractivity contribution in [2.75, 3.05) is 0 Å². The minimum Gasteiger partial charge on any atom is -0.296 e. The Kier molecular flexibility index (Phi) is 2.30. The third-order valence-electron chi connectivity index (χ3n) is 3.22. The summed E-state index contributed by atoms with van der Waals surface area (Å²) < 4.78 is 1.49. The highest BCUT2D eigenvalue weighted by Gasteiger charge is 2.11. The summed E-state index contributed by atoms with van der Waals surface area (Å²) >= 11 is 0. The SMILES string of the molecule is Cc1nc2c(-c3ccccc3)c[nH]n2c(=O)c1C. The molecule has 0 bridgehead atoms. The minimum atomic E-state index is -0.0420. The molecule has 0 saturated heterocycles. The lowest BCUT2D eigenvalue weighted by Crippen LogP contribution is -2.19. The fraction of sp³-hybridized carbons (Fsp3) is 0.143. The number of rotatable bonds is 1. The van der Waals surface area contributed by atoms with Crippen molar-refractivity contribution in [3.05, 3.63) is 58.1 Å². The summed E-state index contributed by atoms with van der Waals surface area (Å²) in [6, 6.07) is 9.92. The van der Waals surface area contributed by atoms with Crippen LogP contribution in [0.2, 0.25) is 0 Å². The van der Waals surface area contributed by atoms with Crippen molar-refractivity contribution >= 4 is 5.65 Å². The third-order valence-corrected chi connectivity index (χ3v) is 3.22. The van der Waals surface area contributed by atoms with E-state index in [1.807, 2.05) is 43.5 Å². The van der Waals surface area contributed by atoms with E-state index in [0.717, 1.165) is 16.8 Å². The smallest absolute Gasteiger partial charge is 0.275 e. The average Bonchev–Trinajstić information content (AvgIpc) is 2.81. The van der Waals surface area contributed by atoms with Crippen LogP contribution in [0, 0.1) is 13.8 Å². The van der Waals surface area contributed by atoms with E-state index in [1.165, 1.54) is 4.52 Å². The third kappa shape index (κ3) is 1.46. The van der Waals surface area contributed by atoms with E-state index in [2.05, 4.69) is 10.1 Å². The molecule has 2 aromatic heterocycles. The maximum Gasteiger partial charge on any atom is 0.275 e. The first-order valence-electron chi connectivity index (χ1n) is 5.81. The standard InChI is InChI=1S/C14H13N3O/c1-9-10(2)16-13-12(8-15-17(13)14(9)18)11-6-4-3-5-7-11/h3-8,15H,1-2H3. The predicted octanol–water partition coefficient (Wildman–Crippen LogP) is 2.31. The Morgan fingerprint density at radius 2 is 1.89 bits per heavy atom. The number of nitrogens with one attached hydrogen (secondary N) is 1. The first-order chi connectivity index (χ1) is 8.68. The summed E-state index contributed by atoms with van der Waals surface area (Å²) in [5.41, 5.74) is 4.07. The maximum absolute atomic E-state index is 12.1. The van der Waals surface area contributed by atoms with Crippen molar-refractivity contribution in [3.8, 4) is 11.1 Å². The van der Waals surface area contributed by atoms with Crippen LogP contribution in [0.4, 0.5) is 0 Å². The zero-order chi connectivity index (χ0) is 12.7. The van der Waals surface area contributed by atoms with Crippen molar-refractivity contribution in [2.24, 2.45) is 0 Å². The summed E-state index contributed by atoms with van der Waals surface area (Å²) in [4.78, 5) is 16.6. The summed E-state index contributed by atoms with van der Waals surface area (Å²) in [5, 5.41) is 2.96.